The molecule has 0 spiro atoms. The van der Waals surface area contributed by atoms with Gasteiger partial charge < -0.3 is 33.8 Å². The molecule has 0 aromatic heterocycles. The van der Waals surface area contributed by atoms with E-state index in [1.807, 2.05) is 0 Å². The minimum absolute atomic E-state index is 0.0806. The first-order valence-corrected chi connectivity index (χ1v) is 40.5. The van der Waals surface area contributed by atoms with Crippen LogP contribution in [-0.2, 0) is 65.4 Å². The van der Waals surface area contributed by atoms with Crippen molar-refractivity contribution in [3.63, 3.8) is 0 Å². The Morgan fingerprint density at radius 1 is 0.298 bits per heavy atom. The summed E-state index contributed by atoms with van der Waals surface area (Å²) < 4.78 is 68.4. The van der Waals surface area contributed by atoms with Crippen molar-refractivity contribution in [2.24, 2.45) is 0 Å². The number of unbranched alkanes of at least 4 members (excludes halogenated alkanes) is 35. The van der Waals surface area contributed by atoms with Gasteiger partial charge >= 0.3 is 39.5 Å². The van der Waals surface area contributed by atoms with E-state index in [0.29, 0.717) is 25.7 Å². The highest BCUT2D eigenvalue weighted by Gasteiger charge is 2.30. The number of carbonyl (C=O) groups is 4. The largest absolute Gasteiger partial charge is 0.472 e. The van der Waals surface area contributed by atoms with Gasteiger partial charge in [-0.2, -0.15) is 0 Å². The Morgan fingerprint density at radius 3 is 0.840 bits per heavy atom. The van der Waals surface area contributed by atoms with Crippen molar-refractivity contribution in [3.8, 4) is 0 Å². The van der Waals surface area contributed by atoms with Gasteiger partial charge in [0.15, 0.2) is 12.2 Å². The molecule has 0 aromatic carbocycles. The number of rotatable bonds is 71. The molecule has 0 saturated heterocycles. The van der Waals surface area contributed by atoms with Gasteiger partial charge in [0.2, 0.25) is 0 Å². The summed E-state index contributed by atoms with van der Waals surface area (Å²) in [6, 6.07) is 0. The van der Waals surface area contributed by atoms with Gasteiger partial charge in [-0.05, 0) is 103 Å². The summed E-state index contributed by atoms with van der Waals surface area (Å²) in [6.45, 7) is 4.74. The van der Waals surface area contributed by atoms with Crippen LogP contribution in [0.4, 0.5) is 0 Å². The Bertz CT molecular complexity index is 2030. The van der Waals surface area contributed by atoms with Crippen LogP contribution in [0.3, 0.4) is 0 Å². The van der Waals surface area contributed by atoms with Gasteiger partial charge in [-0.25, -0.2) is 9.13 Å². The van der Waals surface area contributed by atoms with Gasteiger partial charge in [0.05, 0.1) is 26.4 Å². The number of aliphatic hydroxyl groups excluding tert-OH is 1. The third-order valence-corrected chi connectivity index (χ3v) is 17.8. The molecule has 0 heterocycles. The van der Waals surface area contributed by atoms with Gasteiger partial charge in [-0.15, -0.1) is 0 Å². The van der Waals surface area contributed by atoms with Crippen molar-refractivity contribution >= 4 is 39.5 Å². The molecule has 0 fully saturated rings. The Balaban J connectivity index is 5.32. The smallest absolute Gasteiger partial charge is 0.462 e. The lowest BCUT2D eigenvalue weighted by molar-refractivity contribution is -0.161. The van der Waals surface area contributed by atoms with E-state index in [1.165, 1.54) is 89.9 Å². The Morgan fingerprint density at radius 2 is 0.543 bits per heavy atom. The first-order valence-electron chi connectivity index (χ1n) is 37.5. The molecule has 0 aliphatic carbocycles. The van der Waals surface area contributed by atoms with Crippen LogP contribution in [0.25, 0.3) is 0 Å². The normalized spacial score (nSPS) is 14.3. The van der Waals surface area contributed by atoms with Gasteiger partial charge in [-0.1, -0.05) is 268 Å². The predicted octanol–water partition coefficient (Wildman–Crippen LogP) is 21.1. The van der Waals surface area contributed by atoms with Crippen molar-refractivity contribution in [1.29, 1.82) is 0 Å². The summed E-state index contributed by atoms with van der Waals surface area (Å²) in [4.78, 5) is 72.7. The molecule has 0 aliphatic rings. The van der Waals surface area contributed by atoms with Crippen molar-refractivity contribution in [3.05, 3.63) is 60.8 Å². The summed E-state index contributed by atoms with van der Waals surface area (Å²) in [5.74, 6) is -2.19. The van der Waals surface area contributed by atoms with E-state index in [4.69, 9.17) is 37.0 Å². The molecule has 5 atom stereocenters. The monoisotopic (exact) mass is 1370 g/mol. The van der Waals surface area contributed by atoms with Gasteiger partial charge in [0.25, 0.3) is 0 Å². The Hall–Kier alpha value is -3.24. The van der Waals surface area contributed by atoms with Crippen molar-refractivity contribution in [1.82, 2.24) is 0 Å². The van der Waals surface area contributed by atoms with Crippen LogP contribution < -0.4 is 0 Å². The second-order valence-electron chi connectivity index (χ2n) is 25.2. The van der Waals surface area contributed by atoms with Crippen LogP contribution in [0.15, 0.2) is 60.8 Å². The molecule has 0 bridgehead atoms. The topological polar surface area (TPSA) is 237 Å². The van der Waals surface area contributed by atoms with E-state index in [2.05, 4.69) is 88.5 Å². The highest BCUT2D eigenvalue weighted by atomic mass is 31.2. The zero-order chi connectivity index (χ0) is 69.0. The van der Waals surface area contributed by atoms with Gasteiger partial charge in [-0.3, -0.25) is 37.3 Å². The third kappa shape index (κ3) is 67.3. The molecule has 0 amide bonds. The zero-order valence-electron chi connectivity index (χ0n) is 59.6. The molecule has 19 heteroatoms. The van der Waals surface area contributed by atoms with Crippen LogP contribution in [-0.4, -0.2) is 96.7 Å². The Kier molecular flexibility index (Phi) is 65.9. The standard InChI is InChI=1S/C75H136O17P2/c1-5-9-13-17-21-25-29-33-34-38-40-44-48-52-56-60-73(78)86-66-71(92-75(80)62-58-54-50-46-42-37-32-28-24-20-16-12-8-4)68-90-94(83,84)88-64-69(76)63-87-93(81,82)89-67-70(91-74(79)61-57-53-49-45-41-36-31-27-23-19-15-11-7-3)65-85-72(77)59-55-51-47-43-39-35-30-26-22-18-14-10-6-2/h14,16,18,20,26,28,30,32-34,69-71,76H,5-13,15,17,19,21-25,27,29,31,35-68H2,1-4H3,(H,81,82)(H,83,84)/b18-14-,20-16-,30-26-,32-28-,34-33-. The van der Waals surface area contributed by atoms with Gasteiger partial charge in [0, 0.05) is 25.7 Å². The van der Waals surface area contributed by atoms with Crippen LogP contribution in [0.5, 0.6) is 0 Å². The predicted molar refractivity (Wildman–Crippen MR) is 381 cm³/mol. The van der Waals surface area contributed by atoms with E-state index in [9.17, 15) is 43.2 Å². The minimum Gasteiger partial charge on any atom is -0.462 e. The molecule has 0 rings (SSSR count). The zero-order valence-corrected chi connectivity index (χ0v) is 61.4. The van der Waals surface area contributed by atoms with Crippen LogP contribution in [0, 0.1) is 0 Å². The molecule has 94 heavy (non-hydrogen) atoms. The molecule has 3 N–H and O–H groups in total. The van der Waals surface area contributed by atoms with E-state index in [0.717, 1.165) is 167 Å². The number of esters is 4. The molecule has 548 valence electrons. The van der Waals surface area contributed by atoms with Crippen molar-refractivity contribution < 1.29 is 80.2 Å². The minimum atomic E-state index is -4.97. The van der Waals surface area contributed by atoms with Crippen LogP contribution in [0.2, 0.25) is 0 Å². The van der Waals surface area contributed by atoms with E-state index >= 15 is 0 Å². The SMILES string of the molecule is CCC/C=C\C/C=C\CCCCCCCC(=O)OCC(COP(=O)(O)OCC(O)COP(=O)(O)OCC(COC(=O)CCCCCCC/C=C\CCCCCCCC)OC(=O)CCCCCCC/C=C\C/C=C\CCC)OC(=O)CCCCCCCCCCCCCCC. The van der Waals surface area contributed by atoms with E-state index in [1.54, 1.807) is 0 Å². The maximum absolute atomic E-state index is 13.0. The van der Waals surface area contributed by atoms with E-state index in [-0.39, 0.29) is 25.7 Å². The maximum Gasteiger partial charge on any atom is 0.472 e. The van der Waals surface area contributed by atoms with Gasteiger partial charge in [0.1, 0.15) is 19.3 Å². The summed E-state index contributed by atoms with van der Waals surface area (Å²) in [5.41, 5.74) is 0. The molecule has 0 radical (unpaired) electrons. The average Bonchev–Trinajstić information content (AvgIpc) is 2.45. The molecular weight excluding hydrogens is 1230 g/mol. The molecular formula is C75H136O17P2. The first-order chi connectivity index (χ1) is 45.7. The molecule has 0 aromatic rings. The fourth-order valence-electron chi connectivity index (χ4n) is 10.2. The lowest BCUT2D eigenvalue weighted by atomic mass is 10.0. The molecule has 0 saturated carbocycles. The third-order valence-electron chi connectivity index (χ3n) is 15.9. The lowest BCUT2D eigenvalue weighted by Gasteiger charge is -2.21. The first kappa shape index (κ1) is 90.8. The Labute approximate surface area is 571 Å². The summed E-state index contributed by atoms with van der Waals surface area (Å²) in [6.07, 6.45) is 65.0. The lowest BCUT2D eigenvalue weighted by Crippen LogP contribution is -2.30. The summed E-state index contributed by atoms with van der Waals surface area (Å²) in [7, 11) is -9.94. The molecule has 17 nitrogen and oxygen atoms in total. The average molecular weight is 1370 g/mol. The highest BCUT2D eigenvalue weighted by Crippen LogP contribution is 2.45. The van der Waals surface area contributed by atoms with Crippen molar-refractivity contribution in [2.75, 3.05) is 39.6 Å². The highest BCUT2D eigenvalue weighted by molar-refractivity contribution is 7.47. The number of phosphoric acid groups is 2. The molecule has 5 unspecified atom stereocenters. The number of aliphatic hydroxyl groups is 1. The number of hydrogen-bond donors (Lipinski definition) is 3. The maximum atomic E-state index is 13.0. The number of carbonyl (C=O) groups excluding carboxylic acids is 4. The second-order valence-corrected chi connectivity index (χ2v) is 28.1. The second kappa shape index (κ2) is 68.3. The van der Waals surface area contributed by atoms with E-state index < -0.39 is 97.5 Å². The fraction of sp³-hybridized carbons (Fsp3) is 0.813. The number of allylic oxidation sites excluding steroid dienone is 10. The summed E-state index contributed by atoms with van der Waals surface area (Å²) >= 11 is 0. The quantitative estimate of drug-likeness (QED) is 0.0169. The summed E-state index contributed by atoms with van der Waals surface area (Å²) in [5, 5.41) is 10.6. The number of hydrogen-bond acceptors (Lipinski definition) is 15. The number of ether oxygens (including phenoxy) is 4. The van der Waals surface area contributed by atoms with Crippen LogP contribution in [0.1, 0.15) is 336 Å². The number of phosphoric ester groups is 2. The molecule has 0 aliphatic heterocycles. The van der Waals surface area contributed by atoms with Crippen LogP contribution >= 0.6 is 15.6 Å². The van der Waals surface area contributed by atoms with Crippen molar-refractivity contribution in [2.45, 2.75) is 354 Å². The fourth-order valence-corrected chi connectivity index (χ4v) is 11.8.